The molecule has 0 fully saturated rings. The minimum atomic E-state index is 0.0233. The molecule has 0 aliphatic rings. The lowest BCUT2D eigenvalue weighted by molar-refractivity contribution is -0.122. The fourth-order valence-corrected chi connectivity index (χ4v) is 1.13. The van der Waals surface area contributed by atoms with Gasteiger partial charge in [-0.25, -0.2) is 0 Å². The van der Waals surface area contributed by atoms with E-state index in [0.717, 1.165) is 13.0 Å². The lowest BCUT2D eigenvalue weighted by Crippen LogP contribution is -2.37. The summed E-state index contributed by atoms with van der Waals surface area (Å²) in [4.78, 5) is 13.2. The number of rotatable bonds is 6. The first-order chi connectivity index (χ1) is 6.85. The maximum Gasteiger partial charge on any atom is 0.234 e. The van der Waals surface area contributed by atoms with Crippen molar-refractivity contribution in [3.8, 4) is 0 Å². The molecule has 0 aliphatic carbocycles. The van der Waals surface area contributed by atoms with Gasteiger partial charge in [-0.15, -0.1) is 0 Å². The largest absolute Gasteiger partial charge is 0.395 e. The van der Waals surface area contributed by atoms with Crippen LogP contribution in [0.1, 0.15) is 27.2 Å². The molecule has 0 heterocycles. The number of aliphatic hydroxyl groups excluding tert-OH is 1. The zero-order valence-corrected chi connectivity index (χ0v) is 10.3. The number of likely N-dealkylation sites (N-methyl/N-ethyl adjacent to an activating group) is 1. The molecule has 90 valence electrons. The molecule has 1 amide bonds. The summed E-state index contributed by atoms with van der Waals surface area (Å²) in [5.41, 5.74) is 0.254. The maximum atomic E-state index is 11.4. The Balaban J connectivity index is 3.58. The van der Waals surface area contributed by atoms with E-state index in [9.17, 15) is 4.79 Å². The van der Waals surface area contributed by atoms with Gasteiger partial charge in [-0.1, -0.05) is 20.8 Å². The lowest BCUT2D eigenvalue weighted by Gasteiger charge is -2.19. The minimum Gasteiger partial charge on any atom is -0.395 e. The average Bonchev–Trinajstić information content (AvgIpc) is 2.01. The highest BCUT2D eigenvalue weighted by molar-refractivity contribution is 5.77. The molecule has 2 N–H and O–H groups in total. The second kappa shape index (κ2) is 6.80. The Morgan fingerprint density at radius 1 is 1.40 bits per heavy atom. The highest BCUT2D eigenvalue weighted by Crippen LogP contribution is 2.16. The van der Waals surface area contributed by atoms with Gasteiger partial charge in [-0.05, 0) is 18.9 Å². The molecule has 0 unspecified atom stereocenters. The summed E-state index contributed by atoms with van der Waals surface area (Å²) in [6.07, 6.45) is 0.975. The molecule has 15 heavy (non-hydrogen) atoms. The van der Waals surface area contributed by atoms with Crippen molar-refractivity contribution in [2.75, 3.05) is 33.3 Å². The fraction of sp³-hybridized carbons (Fsp3) is 0.909. The smallest absolute Gasteiger partial charge is 0.234 e. The van der Waals surface area contributed by atoms with Crippen LogP contribution >= 0.6 is 0 Å². The van der Waals surface area contributed by atoms with E-state index in [4.69, 9.17) is 5.11 Å². The number of carbonyl (C=O) groups is 1. The summed E-state index contributed by atoms with van der Waals surface area (Å²) < 4.78 is 0. The van der Waals surface area contributed by atoms with Crippen LogP contribution in [0, 0.1) is 5.41 Å². The van der Waals surface area contributed by atoms with Crippen LogP contribution in [0.2, 0.25) is 0 Å². The zero-order chi connectivity index (χ0) is 11.9. The molecule has 4 nitrogen and oxygen atoms in total. The molecular weight excluding hydrogens is 192 g/mol. The van der Waals surface area contributed by atoms with Gasteiger partial charge in [-0.2, -0.15) is 0 Å². The van der Waals surface area contributed by atoms with Crippen LogP contribution in [0.5, 0.6) is 0 Å². The molecule has 0 radical (unpaired) electrons. The van der Waals surface area contributed by atoms with Crippen molar-refractivity contribution in [2.45, 2.75) is 27.2 Å². The summed E-state index contributed by atoms with van der Waals surface area (Å²) in [6, 6.07) is 0. The molecule has 0 bridgehead atoms. The molecule has 0 atom stereocenters. The van der Waals surface area contributed by atoms with E-state index < -0.39 is 0 Å². The first-order valence-corrected chi connectivity index (χ1v) is 5.41. The molecule has 0 aromatic heterocycles. The Kier molecular flexibility index (Phi) is 6.52. The van der Waals surface area contributed by atoms with Crippen LogP contribution in [-0.4, -0.2) is 49.2 Å². The first-order valence-electron chi connectivity index (χ1n) is 5.41. The van der Waals surface area contributed by atoms with Crippen LogP contribution < -0.4 is 5.32 Å². The van der Waals surface area contributed by atoms with Crippen LogP contribution in [0.3, 0.4) is 0 Å². The number of nitrogens with one attached hydrogen (secondary N) is 1. The Morgan fingerprint density at radius 3 is 2.47 bits per heavy atom. The predicted octanol–water partition coefficient (Wildman–Crippen LogP) is 0.463. The number of aliphatic hydroxyl groups is 1. The van der Waals surface area contributed by atoms with Crippen LogP contribution in [0.15, 0.2) is 0 Å². The summed E-state index contributed by atoms with van der Waals surface area (Å²) >= 11 is 0. The zero-order valence-electron chi connectivity index (χ0n) is 10.3. The molecule has 0 spiro atoms. The van der Waals surface area contributed by atoms with E-state index in [-0.39, 0.29) is 17.9 Å². The van der Waals surface area contributed by atoms with E-state index in [0.29, 0.717) is 13.1 Å². The SMILES string of the molecule is CN(CCO)CC(=O)NCCC(C)(C)C. The Hall–Kier alpha value is -0.610. The first kappa shape index (κ1) is 14.4. The van der Waals surface area contributed by atoms with Crippen molar-refractivity contribution in [1.29, 1.82) is 0 Å². The van der Waals surface area contributed by atoms with Crippen molar-refractivity contribution in [3.63, 3.8) is 0 Å². The Labute approximate surface area is 92.7 Å². The highest BCUT2D eigenvalue weighted by atomic mass is 16.3. The summed E-state index contributed by atoms with van der Waals surface area (Å²) in [7, 11) is 1.82. The van der Waals surface area contributed by atoms with E-state index in [1.807, 2.05) is 7.05 Å². The van der Waals surface area contributed by atoms with Gasteiger partial charge in [0.25, 0.3) is 0 Å². The van der Waals surface area contributed by atoms with Gasteiger partial charge in [0.15, 0.2) is 0 Å². The van der Waals surface area contributed by atoms with Crippen LogP contribution in [-0.2, 0) is 4.79 Å². The van der Waals surface area contributed by atoms with Crippen molar-refractivity contribution in [2.24, 2.45) is 5.41 Å². The molecule has 0 saturated carbocycles. The van der Waals surface area contributed by atoms with E-state index in [1.54, 1.807) is 4.90 Å². The van der Waals surface area contributed by atoms with Gasteiger partial charge >= 0.3 is 0 Å². The van der Waals surface area contributed by atoms with E-state index in [2.05, 4.69) is 26.1 Å². The number of hydrogen-bond acceptors (Lipinski definition) is 3. The molecule has 0 aliphatic heterocycles. The lowest BCUT2D eigenvalue weighted by atomic mass is 9.92. The van der Waals surface area contributed by atoms with Crippen molar-refractivity contribution in [3.05, 3.63) is 0 Å². The molecule has 0 saturated heterocycles. The molecule has 0 aromatic rings. The van der Waals surface area contributed by atoms with Gasteiger partial charge < -0.3 is 10.4 Å². The molecular formula is C11H24N2O2. The monoisotopic (exact) mass is 216 g/mol. The van der Waals surface area contributed by atoms with Crippen LogP contribution in [0.4, 0.5) is 0 Å². The fourth-order valence-electron chi connectivity index (χ4n) is 1.13. The quantitative estimate of drug-likeness (QED) is 0.678. The topological polar surface area (TPSA) is 52.6 Å². The van der Waals surface area contributed by atoms with Gasteiger partial charge in [0.05, 0.1) is 13.2 Å². The van der Waals surface area contributed by atoms with Gasteiger partial charge in [-0.3, -0.25) is 9.69 Å². The normalized spacial score (nSPS) is 11.9. The molecule has 0 aromatic carbocycles. The summed E-state index contributed by atoms with van der Waals surface area (Å²) in [6.45, 7) is 8.14. The number of carbonyl (C=O) groups excluding carboxylic acids is 1. The van der Waals surface area contributed by atoms with Crippen molar-refractivity contribution in [1.82, 2.24) is 10.2 Å². The van der Waals surface area contributed by atoms with Gasteiger partial charge in [0.2, 0.25) is 5.91 Å². The third kappa shape index (κ3) is 9.69. The van der Waals surface area contributed by atoms with E-state index >= 15 is 0 Å². The number of hydrogen-bond donors (Lipinski definition) is 2. The maximum absolute atomic E-state index is 11.4. The second-order valence-electron chi connectivity index (χ2n) is 5.12. The van der Waals surface area contributed by atoms with Crippen molar-refractivity contribution >= 4 is 5.91 Å². The number of nitrogens with zero attached hydrogens (tertiary/aromatic N) is 1. The molecule has 4 heteroatoms. The van der Waals surface area contributed by atoms with Crippen molar-refractivity contribution < 1.29 is 9.90 Å². The third-order valence-corrected chi connectivity index (χ3v) is 2.09. The minimum absolute atomic E-state index is 0.0233. The number of amides is 1. The standard InChI is InChI=1S/C11H24N2O2/c1-11(2,3)5-6-12-10(15)9-13(4)7-8-14/h14H,5-9H2,1-4H3,(H,12,15). The van der Waals surface area contributed by atoms with E-state index in [1.165, 1.54) is 0 Å². The predicted molar refractivity (Wildman–Crippen MR) is 61.7 cm³/mol. The van der Waals surface area contributed by atoms with Crippen LogP contribution in [0.25, 0.3) is 0 Å². The third-order valence-electron chi connectivity index (χ3n) is 2.09. The highest BCUT2D eigenvalue weighted by Gasteiger charge is 2.11. The summed E-state index contributed by atoms with van der Waals surface area (Å²) in [5, 5.41) is 11.5. The Morgan fingerprint density at radius 2 is 2.00 bits per heavy atom. The van der Waals surface area contributed by atoms with Gasteiger partial charge in [0, 0.05) is 13.1 Å². The Bertz CT molecular complexity index is 188. The van der Waals surface area contributed by atoms with Gasteiger partial charge in [0.1, 0.15) is 0 Å². The average molecular weight is 216 g/mol. The second-order valence-corrected chi connectivity index (χ2v) is 5.12. The summed E-state index contributed by atoms with van der Waals surface area (Å²) in [5.74, 6) is 0.0233. The molecule has 0 rings (SSSR count).